The SMILES string of the molecule is CC(C)(C)[C@@H](N)c1cc(Br)cc(Br)c1N.Cl. The molecule has 2 nitrogen and oxygen atoms in total. The van der Waals surface area contributed by atoms with Crippen molar-refractivity contribution in [1.29, 1.82) is 0 Å². The normalized spacial score (nSPS) is 13.1. The van der Waals surface area contributed by atoms with Crippen LogP contribution < -0.4 is 11.5 Å². The van der Waals surface area contributed by atoms with Crippen LogP contribution in [0.4, 0.5) is 5.69 Å². The molecular weight excluding hydrogens is 355 g/mol. The van der Waals surface area contributed by atoms with Crippen molar-refractivity contribution >= 4 is 50.0 Å². The highest BCUT2D eigenvalue weighted by atomic mass is 79.9. The Morgan fingerprint density at radius 1 is 1.19 bits per heavy atom. The molecule has 92 valence electrons. The van der Waals surface area contributed by atoms with Gasteiger partial charge in [-0.05, 0) is 39.0 Å². The summed E-state index contributed by atoms with van der Waals surface area (Å²) >= 11 is 6.86. The maximum Gasteiger partial charge on any atom is 0.0507 e. The first-order valence-electron chi connectivity index (χ1n) is 4.73. The predicted octanol–water partition coefficient (Wildman–Crippen LogP) is 4.26. The molecule has 0 fully saturated rings. The van der Waals surface area contributed by atoms with E-state index in [1.54, 1.807) is 0 Å². The van der Waals surface area contributed by atoms with E-state index in [4.69, 9.17) is 11.5 Å². The summed E-state index contributed by atoms with van der Waals surface area (Å²) in [5.74, 6) is 0. The van der Waals surface area contributed by atoms with E-state index in [1.807, 2.05) is 12.1 Å². The van der Waals surface area contributed by atoms with E-state index in [-0.39, 0.29) is 23.9 Å². The van der Waals surface area contributed by atoms with Crippen molar-refractivity contribution < 1.29 is 0 Å². The van der Waals surface area contributed by atoms with Crippen molar-refractivity contribution in [2.75, 3.05) is 5.73 Å². The van der Waals surface area contributed by atoms with Crippen molar-refractivity contribution in [3.63, 3.8) is 0 Å². The van der Waals surface area contributed by atoms with Gasteiger partial charge in [0.2, 0.25) is 0 Å². The summed E-state index contributed by atoms with van der Waals surface area (Å²) in [5.41, 5.74) is 13.9. The van der Waals surface area contributed by atoms with Crippen LogP contribution in [0.25, 0.3) is 0 Å². The molecule has 0 bridgehead atoms. The molecule has 0 unspecified atom stereocenters. The minimum absolute atomic E-state index is 0. The fraction of sp³-hybridized carbons (Fsp3) is 0.455. The minimum Gasteiger partial charge on any atom is -0.398 e. The van der Waals surface area contributed by atoms with Crippen molar-refractivity contribution in [3.05, 3.63) is 26.6 Å². The number of rotatable bonds is 1. The molecule has 0 spiro atoms. The molecule has 1 aromatic rings. The van der Waals surface area contributed by atoms with Gasteiger partial charge >= 0.3 is 0 Å². The third-order valence-corrected chi connectivity index (χ3v) is 3.51. The van der Waals surface area contributed by atoms with Gasteiger partial charge in [-0.25, -0.2) is 0 Å². The summed E-state index contributed by atoms with van der Waals surface area (Å²) in [4.78, 5) is 0. The summed E-state index contributed by atoms with van der Waals surface area (Å²) < 4.78 is 1.87. The Morgan fingerprint density at radius 3 is 2.12 bits per heavy atom. The van der Waals surface area contributed by atoms with E-state index < -0.39 is 0 Å². The standard InChI is InChI=1S/C11H16Br2N2.ClH/c1-11(2,3)10(15)7-4-6(12)5-8(13)9(7)14;/h4-5,10H,14-15H2,1-3H3;1H/t10-;/m0./s1. The molecule has 1 aromatic carbocycles. The molecule has 0 radical (unpaired) electrons. The Bertz CT molecular complexity index is 375. The van der Waals surface area contributed by atoms with Crippen LogP contribution in [-0.2, 0) is 0 Å². The Balaban J connectivity index is 0.00000225. The average Bonchev–Trinajstić information content (AvgIpc) is 2.08. The van der Waals surface area contributed by atoms with Gasteiger partial charge in [-0.2, -0.15) is 0 Å². The molecule has 1 rings (SSSR count). The predicted molar refractivity (Wildman–Crippen MR) is 79.9 cm³/mol. The smallest absolute Gasteiger partial charge is 0.0507 e. The fourth-order valence-corrected chi connectivity index (χ4v) is 2.59. The van der Waals surface area contributed by atoms with Gasteiger partial charge in [-0.1, -0.05) is 36.7 Å². The van der Waals surface area contributed by atoms with Gasteiger partial charge in [0.15, 0.2) is 0 Å². The first kappa shape index (κ1) is 16.2. The number of halogens is 3. The maximum atomic E-state index is 6.19. The highest BCUT2D eigenvalue weighted by Crippen LogP contribution is 2.38. The van der Waals surface area contributed by atoms with E-state index >= 15 is 0 Å². The summed E-state index contributed by atoms with van der Waals surface area (Å²) in [6.07, 6.45) is 0. The zero-order chi connectivity index (χ0) is 11.8. The van der Waals surface area contributed by atoms with E-state index in [1.165, 1.54) is 0 Å². The maximum absolute atomic E-state index is 6.19. The average molecular weight is 373 g/mol. The van der Waals surface area contributed by atoms with Gasteiger partial charge in [-0.3, -0.25) is 0 Å². The van der Waals surface area contributed by atoms with Gasteiger partial charge in [0.1, 0.15) is 0 Å². The number of nitrogens with two attached hydrogens (primary N) is 2. The molecule has 0 saturated heterocycles. The molecule has 4 N–H and O–H groups in total. The third kappa shape index (κ3) is 3.62. The topological polar surface area (TPSA) is 52.0 Å². The van der Waals surface area contributed by atoms with E-state index in [9.17, 15) is 0 Å². The van der Waals surface area contributed by atoms with Crippen molar-refractivity contribution in [3.8, 4) is 0 Å². The monoisotopic (exact) mass is 370 g/mol. The quantitative estimate of drug-likeness (QED) is 0.724. The molecule has 0 amide bonds. The third-order valence-electron chi connectivity index (χ3n) is 2.39. The molecule has 1 atom stereocenters. The van der Waals surface area contributed by atoms with Gasteiger partial charge in [0, 0.05) is 15.0 Å². The van der Waals surface area contributed by atoms with Crippen LogP contribution in [0.1, 0.15) is 32.4 Å². The molecule has 0 saturated carbocycles. The molecule has 16 heavy (non-hydrogen) atoms. The highest BCUT2D eigenvalue weighted by molar-refractivity contribution is 9.11. The van der Waals surface area contributed by atoms with Crippen LogP contribution in [0.3, 0.4) is 0 Å². The molecule has 0 aliphatic carbocycles. The summed E-state index contributed by atoms with van der Waals surface area (Å²) in [7, 11) is 0. The second-order valence-electron chi connectivity index (χ2n) is 4.73. The van der Waals surface area contributed by atoms with E-state index in [0.29, 0.717) is 0 Å². The van der Waals surface area contributed by atoms with Crippen LogP contribution >= 0.6 is 44.3 Å². The van der Waals surface area contributed by atoms with Crippen LogP contribution in [0.5, 0.6) is 0 Å². The first-order valence-corrected chi connectivity index (χ1v) is 6.32. The van der Waals surface area contributed by atoms with Gasteiger partial charge in [0.25, 0.3) is 0 Å². The second-order valence-corrected chi connectivity index (χ2v) is 6.50. The van der Waals surface area contributed by atoms with Gasteiger partial charge < -0.3 is 11.5 Å². The highest BCUT2D eigenvalue weighted by Gasteiger charge is 2.25. The lowest BCUT2D eigenvalue weighted by Crippen LogP contribution is -2.27. The number of benzene rings is 1. The molecule has 5 heteroatoms. The second kappa shape index (κ2) is 5.71. The zero-order valence-electron chi connectivity index (χ0n) is 9.55. The van der Waals surface area contributed by atoms with Crippen LogP contribution in [0.2, 0.25) is 0 Å². The van der Waals surface area contributed by atoms with E-state index in [2.05, 4.69) is 52.6 Å². The lowest BCUT2D eigenvalue weighted by molar-refractivity contribution is 0.327. The summed E-state index contributed by atoms with van der Waals surface area (Å²) in [5, 5.41) is 0. The summed E-state index contributed by atoms with van der Waals surface area (Å²) in [6.45, 7) is 6.31. The van der Waals surface area contributed by atoms with Gasteiger partial charge in [-0.15, -0.1) is 12.4 Å². The Kier molecular flexibility index (Phi) is 5.80. The van der Waals surface area contributed by atoms with Crippen LogP contribution in [0.15, 0.2) is 21.1 Å². The minimum atomic E-state index is -0.0775. The molecule has 0 aliphatic heterocycles. The van der Waals surface area contributed by atoms with Crippen LogP contribution in [-0.4, -0.2) is 0 Å². The Morgan fingerprint density at radius 2 is 1.69 bits per heavy atom. The van der Waals surface area contributed by atoms with Crippen molar-refractivity contribution in [1.82, 2.24) is 0 Å². The first-order chi connectivity index (χ1) is 6.73. The van der Waals surface area contributed by atoms with Crippen molar-refractivity contribution in [2.24, 2.45) is 11.1 Å². The zero-order valence-corrected chi connectivity index (χ0v) is 13.5. The number of hydrogen-bond donors (Lipinski definition) is 2. The number of hydrogen-bond acceptors (Lipinski definition) is 2. The largest absolute Gasteiger partial charge is 0.398 e. The Hall–Kier alpha value is 0.230. The van der Waals surface area contributed by atoms with Crippen molar-refractivity contribution in [2.45, 2.75) is 26.8 Å². The number of nitrogen functional groups attached to an aromatic ring is 1. The fourth-order valence-electron chi connectivity index (χ4n) is 1.33. The van der Waals surface area contributed by atoms with E-state index in [0.717, 1.165) is 20.2 Å². The lowest BCUT2D eigenvalue weighted by Gasteiger charge is -2.28. The molecule has 0 aromatic heterocycles. The molecule has 0 aliphatic rings. The molecular formula is C11H17Br2ClN2. The van der Waals surface area contributed by atoms with Gasteiger partial charge in [0.05, 0.1) is 5.69 Å². The lowest BCUT2D eigenvalue weighted by atomic mass is 9.82. The van der Waals surface area contributed by atoms with Crippen LogP contribution in [0, 0.1) is 5.41 Å². The molecule has 0 heterocycles. The Labute approximate surface area is 120 Å². The summed E-state index contributed by atoms with van der Waals surface area (Å²) in [6, 6.07) is 3.83. The number of anilines is 1.